The SMILES string of the molecule is CNC(=O)c1ccc(C)c(Nc2nccc(N(C)CC(C)(C)C)c2C#N)c1.CNC(=O)c1ccc(C)c(Nc2ncnc(NCC(C)(C)C)c2Br)c1.CNC(=O)c1ccc(C)c(Nc2ncnc(NCC(C)(C)C)c2C#N)c1. The Balaban J connectivity index is 0.000000253. The van der Waals surface area contributed by atoms with Gasteiger partial charge in [0.05, 0.1) is 5.69 Å². The first-order chi connectivity index (χ1) is 36.6. The number of amides is 3. The van der Waals surface area contributed by atoms with E-state index >= 15 is 0 Å². The largest absolute Gasteiger partial charge is 0.373 e. The van der Waals surface area contributed by atoms with Crippen LogP contribution in [0.25, 0.3) is 0 Å². The molecule has 0 bridgehead atoms. The number of nitrogens with zero attached hydrogens (tertiary/aromatic N) is 8. The molecule has 0 atom stereocenters. The molecule has 0 aliphatic carbocycles. The Hall–Kier alpha value is -8.36. The molecule has 3 aromatic heterocycles. The molecule has 3 aromatic carbocycles. The molecule has 20 heteroatoms. The van der Waals surface area contributed by atoms with Crippen LogP contribution in [0.1, 0.15) is 121 Å². The van der Waals surface area contributed by atoms with Gasteiger partial charge in [0.1, 0.15) is 63.7 Å². The van der Waals surface area contributed by atoms with E-state index in [0.717, 1.165) is 57.1 Å². The van der Waals surface area contributed by atoms with Crippen molar-refractivity contribution in [2.24, 2.45) is 16.2 Å². The van der Waals surface area contributed by atoms with Crippen LogP contribution in [0.4, 0.5) is 51.8 Å². The van der Waals surface area contributed by atoms with E-state index in [-0.39, 0.29) is 34.0 Å². The maximum Gasteiger partial charge on any atom is 0.251 e. The molecule has 3 amide bonds. The molecule has 0 aliphatic heterocycles. The number of pyridine rings is 1. The number of carbonyl (C=O) groups is 3. The molecule has 412 valence electrons. The molecule has 0 saturated heterocycles. The lowest BCUT2D eigenvalue weighted by Gasteiger charge is -2.29. The van der Waals surface area contributed by atoms with Crippen molar-refractivity contribution in [1.29, 1.82) is 10.5 Å². The smallest absolute Gasteiger partial charge is 0.251 e. The van der Waals surface area contributed by atoms with Gasteiger partial charge >= 0.3 is 0 Å². The zero-order valence-electron chi connectivity index (χ0n) is 47.8. The van der Waals surface area contributed by atoms with Crippen LogP contribution in [-0.4, -0.2) is 90.5 Å². The maximum atomic E-state index is 11.9. The number of nitrogens with one attached hydrogen (secondary N) is 8. The van der Waals surface area contributed by atoms with Crippen LogP contribution >= 0.6 is 15.9 Å². The lowest BCUT2D eigenvalue weighted by molar-refractivity contribution is 0.0955. The summed E-state index contributed by atoms with van der Waals surface area (Å²) < 4.78 is 0.754. The minimum absolute atomic E-state index is 0.0453. The van der Waals surface area contributed by atoms with Crippen LogP contribution in [0, 0.1) is 59.7 Å². The summed E-state index contributed by atoms with van der Waals surface area (Å²) >= 11 is 3.56. The number of hydrogen-bond acceptors (Lipinski definition) is 16. The van der Waals surface area contributed by atoms with Crippen LogP contribution in [0.3, 0.4) is 0 Å². The summed E-state index contributed by atoms with van der Waals surface area (Å²) in [6.45, 7) is 27.3. The van der Waals surface area contributed by atoms with E-state index < -0.39 is 0 Å². The Labute approximate surface area is 468 Å². The van der Waals surface area contributed by atoms with Crippen LogP contribution in [-0.2, 0) is 0 Å². The normalized spacial score (nSPS) is 10.9. The molecule has 0 unspecified atom stereocenters. The van der Waals surface area contributed by atoms with Gasteiger partial charge < -0.3 is 47.4 Å². The van der Waals surface area contributed by atoms with Crippen molar-refractivity contribution in [2.75, 3.05) is 79.3 Å². The zero-order chi connectivity index (χ0) is 58.1. The highest BCUT2D eigenvalue weighted by molar-refractivity contribution is 9.10. The third-order valence-corrected chi connectivity index (χ3v) is 12.2. The van der Waals surface area contributed by atoms with Gasteiger partial charge in [-0.15, -0.1) is 0 Å². The average Bonchev–Trinajstić information content (AvgIpc) is 3.41. The first-order valence-corrected chi connectivity index (χ1v) is 26.0. The highest BCUT2D eigenvalue weighted by Gasteiger charge is 2.21. The van der Waals surface area contributed by atoms with Gasteiger partial charge in [0.25, 0.3) is 17.7 Å². The second kappa shape index (κ2) is 27.6. The lowest BCUT2D eigenvalue weighted by atomic mass is 9.96. The minimum Gasteiger partial charge on any atom is -0.373 e. The second-order valence-corrected chi connectivity index (χ2v) is 22.8. The predicted molar refractivity (Wildman–Crippen MR) is 318 cm³/mol. The van der Waals surface area contributed by atoms with E-state index in [0.29, 0.717) is 63.3 Å². The van der Waals surface area contributed by atoms with Crippen molar-refractivity contribution in [1.82, 2.24) is 40.9 Å². The monoisotopic (exact) mass is 1120 g/mol. The number of anilines is 9. The van der Waals surface area contributed by atoms with E-state index in [2.05, 4.69) is 163 Å². The van der Waals surface area contributed by atoms with Gasteiger partial charge in [-0.2, -0.15) is 10.5 Å². The molecule has 6 aromatic rings. The van der Waals surface area contributed by atoms with E-state index in [9.17, 15) is 24.9 Å². The highest BCUT2D eigenvalue weighted by atomic mass is 79.9. The van der Waals surface area contributed by atoms with Crippen LogP contribution < -0.4 is 47.4 Å². The first-order valence-electron chi connectivity index (χ1n) is 25.2. The standard InChI is InChI=1S/C21H27N5O.C19H24N6O.C18H24BrN5O/c1-14-7-8-15(20(27)23-5)11-17(14)25-19-16(12-22)18(9-10-24-19)26(6)13-21(2,3)4;1-12-6-7-13(18(26)21-5)8-15(12)25-17-14(9-20)16(23-11-24-17)22-10-19(2,3)4;1-11-6-7-12(17(25)20-5)8-13(11)24-16-14(19)15(22-10-23-16)21-9-18(2,3)4/h7-11H,13H2,1-6H3,(H,23,27)(H,24,25);6-8,11H,10H2,1-5H3,(H,21,26)(H2,22,23,24,25);6-8,10H,9H2,1-5H3,(H,20,25)(H2,21,22,23,24). The summed E-state index contributed by atoms with van der Waals surface area (Å²) in [5.74, 6) is 2.27. The summed E-state index contributed by atoms with van der Waals surface area (Å²) in [4.78, 5) is 59.0. The summed E-state index contributed by atoms with van der Waals surface area (Å²) in [5, 5.41) is 43.4. The van der Waals surface area contributed by atoms with E-state index in [1.54, 1.807) is 57.7 Å². The summed E-state index contributed by atoms with van der Waals surface area (Å²) in [7, 11) is 6.77. The Morgan fingerprint density at radius 3 is 1.29 bits per heavy atom. The molecular formula is C58H75BrN16O3. The Kier molecular flexibility index (Phi) is 22.0. The van der Waals surface area contributed by atoms with Crippen molar-refractivity contribution in [3.63, 3.8) is 0 Å². The van der Waals surface area contributed by atoms with Crippen molar-refractivity contribution in [3.05, 3.63) is 128 Å². The van der Waals surface area contributed by atoms with Gasteiger partial charge in [0, 0.05) is 87.8 Å². The van der Waals surface area contributed by atoms with Crippen LogP contribution in [0.15, 0.2) is 84.0 Å². The molecule has 0 spiro atoms. The van der Waals surface area contributed by atoms with Gasteiger partial charge in [-0.05, 0) is 112 Å². The highest BCUT2D eigenvalue weighted by Crippen LogP contribution is 2.33. The Morgan fingerprint density at radius 2 is 0.897 bits per heavy atom. The summed E-state index contributed by atoms with van der Waals surface area (Å²) in [6, 6.07) is 22.5. The van der Waals surface area contributed by atoms with Gasteiger partial charge in [0.15, 0.2) is 5.82 Å². The van der Waals surface area contributed by atoms with Gasteiger partial charge in [-0.25, -0.2) is 24.9 Å². The molecule has 78 heavy (non-hydrogen) atoms. The number of halogens is 1. The quantitative estimate of drug-likeness (QED) is 0.0475. The molecule has 8 N–H and O–H groups in total. The lowest BCUT2D eigenvalue weighted by Crippen LogP contribution is -2.29. The van der Waals surface area contributed by atoms with E-state index in [1.807, 2.05) is 58.2 Å². The number of rotatable bonds is 15. The van der Waals surface area contributed by atoms with Crippen LogP contribution in [0.5, 0.6) is 0 Å². The summed E-state index contributed by atoms with van der Waals surface area (Å²) in [5.41, 5.74) is 8.77. The van der Waals surface area contributed by atoms with Crippen molar-refractivity contribution >= 4 is 85.5 Å². The number of hydrogen-bond donors (Lipinski definition) is 8. The Morgan fingerprint density at radius 1 is 0.526 bits per heavy atom. The number of carbonyl (C=O) groups excluding carboxylic acids is 3. The molecular weight excluding hydrogens is 1050 g/mol. The molecule has 0 fully saturated rings. The van der Waals surface area contributed by atoms with Crippen LogP contribution in [0.2, 0.25) is 0 Å². The molecule has 6 rings (SSSR count). The number of nitriles is 2. The maximum absolute atomic E-state index is 11.9. The fourth-order valence-electron chi connectivity index (χ4n) is 7.28. The van der Waals surface area contributed by atoms with Gasteiger partial charge in [-0.1, -0.05) is 80.5 Å². The molecule has 0 aliphatic rings. The average molecular weight is 1120 g/mol. The number of benzene rings is 3. The minimum atomic E-state index is -0.177. The third-order valence-electron chi connectivity index (χ3n) is 11.4. The number of aromatic nitrogens is 5. The second-order valence-electron chi connectivity index (χ2n) is 22.1. The zero-order valence-corrected chi connectivity index (χ0v) is 49.4. The van der Waals surface area contributed by atoms with E-state index in [4.69, 9.17) is 0 Å². The fourth-order valence-corrected chi connectivity index (χ4v) is 7.72. The fraction of sp³-hybridized carbons (Fsp3) is 0.379. The molecule has 0 radical (unpaired) electrons. The molecule has 3 heterocycles. The van der Waals surface area contributed by atoms with Crippen molar-refractivity contribution in [3.8, 4) is 12.1 Å². The van der Waals surface area contributed by atoms with E-state index in [1.165, 1.54) is 12.7 Å². The molecule has 19 nitrogen and oxygen atoms in total. The third kappa shape index (κ3) is 18.4. The molecule has 0 saturated carbocycles. The first kappa shape index (κ1) is 62.2. The Bertz CT molecular complexity index is 3160. The van der Waals surface area contributed by atoms with Crippen molar-refractivity contribution < 1.29 is 14.4 Å². The topological polar surface area (TPSA) is 263 Å². The number of aryl methyl sites for hydroxylation is 3. The summed E-state index contributed by atoms with van der Waals surface area (Å²) in [6.07, 6.45) is 4.61. The van der Waals surface area contributed by atoms with Gasteiger partial charge in [-0.3, -0.25) is 14.4 Å². The van der Waals surface area contributed by atoms with Gasteiger partial charge in [0.2, 0.25) is 0 Å². The predicted octanol–water partition coefficient (Wildman–Crippen LogP) is 11.2. The van der Waals surface area contributed by atoms with Crippen molar-refractivity contribution in [2.45, 2.75) is 83.1 Å².